The Morgan fingerprint density at radius 3 is 2.39 bits per heavy atom. The van der Waals surface area contributed by atoms with E-state index in [1.807, 2.05) is 6.07 Å². The Labute approximate surface area is 210 Å². The van der Waals surface area contributed by atoms with Crippen molar-refractivity contribution in [1.82, 2.24) is 4.90 Å². The first-order valence-electron chi connectivity index (χ1n) is 12.1. The second kappa shape index (κ2) is 8.65. The van der Waals surface area contributed by atoms with Crippen molar-refractivity contribution < 1.29 is 39.3 Å². The highest BCUT2D eigenvalue weighted by molar-refractivity contribution is 6.25. The Balaban J connectivity index is 1.87. The maximum absolute atomic E-state index is 13.8. The van der Waals surface area contributed by atoms with E-state index in [0.717, 1.165) is 17.7 Å². The number of carbonyl (C=O) groups is 3. The topological polar surface area (TPSA) is 161 Å². The van der Waals surface area contributed by atoms with Crippen LogP contribution < -0.4 is 5.73 Å². The molecule has 0 saturated heterocycles. The number of ketones is 2. The van der Waals surface area contributed by atoms with Gasteiger partial charge in [0.05, 0.1) is 39.4 Å². The number of Topliss-reactive ketones (excluding diaryl/α,β-unsaturated/α-hetero) is 2. The van der Waals surface area contributed by atoms with Crippen LogP contribution in [-0.2, 0) is 27.2 Å². The first-order chi connectivity index (χ1) is 16.6. The normalized spacial score (nSPS) is 32.3. The number of aliphatic hydroxyl groups excluding tert-OH is 2. The van der Waals surface area contributed by atoms with Gasteiger partial charge in [0.1, 0.15) is 17.4 Å². The summed E-state index contributed by atoms with van der Waals surface area (Å²) < 4.78 is 0.714. The molecule has 2 unspecified atom stereocenters. The van der Waals surface area contributed by atoms with Crippen LogP contribution >= 0.6 is 0 Å². The average Bonchev–Trinajstić information content (AvgIpc) is 2.74. The number of amides is 1. The molecule has 0 aliphatic heterocycles. The molecular formula is C26H36N3O7+. The Kier molecular flexibility index (Phi) is 6.32. The molecule has 2 fully saturated rings. The minimum Gasteiger partial charge on any atom is -0.507 e. The highest BCUT2D eigenvalue weighted by Gasteiger charge is 2.67. The highest BCUT2D eigenvalue weighted by atomic mass is 16.3. The molecule has 3 aliphatic rings. The predicted octanol–water partition coefficient (Wildman–Crippen LogP) is -0.622. The molecule has 1 amide bonds. The number of nitrogens with zero attached hydrogens (tertiary/aromatic N) is 2. The number of carbonyl (C=O) groups excluding carboxylic acids is 3. The lowest BCUT2D eigenvalue weighted by Crippen LogP contribution is -2.73. The first-order valence-corrected chi connectivity index (χ1v) is 12.1. The molecule has 0 spiro atoms. The molecule has 0 heterocycles. The van der Waals surface area contributed by atoms with Crippen LogP contribution in [0.4, 0.5) is 0 Å². The number of aliphatic hydroxyl groups is 3. The van der Waals surface area contributed by atoms with Crippen LogP contribution in [0.1, 0.15) is 23.1 Å². The lowest BCUT2D eigenvalue weighted by atomic mass is 9.54. The van der Waals surface area contributed by atoms with Gasteiger partial charge in [-0.25, -0.2) is 0 Å². The molecule has 10 heteroatoms. The molecule has 3 aliphatic carbocycles. The zero-order valence-electron chi connectivity index (χ0n) is 21.4. The number of likely N-dealkylation sites (N-methyl/N-ethyl adjacent to an activating group) is 2. The molecule has 1 aromatic carbocycles. The summed E-state index contributed by atoms with van der Waals surface area (Å²) in [6.07, 6.45) is -0.386. The quantitative estimate of drug-likeness (QED) is 0.263. The molecule has 0 radical (unpaired) electrons. The standard InChI is InChI=1S/C26H35N3O7/c1-28(2)20-15-11-13-10-14-12(8-9-29(3,4)5)6-7-16(30)18(14)21(31)17(13)23(33)26(15,36)24(34)19(22(20)32)25(27)35/h6-7,13,15,19-20,22,32,36H,8-11H2,1-5H3,(H3-,27,30,31,33,35)/p+1/t13-,15-,19?,20-,22?,26-/m1/s1. The Morgan fingerprint density at radius 2 is 1.83 bits per heavy atom. The van der Waals surface area contributed by atoms with Crippen LogP contribution in [0.3, 0.4) is 0 Å². The lowest BCUT2D eigenvalue weighted by molar-refractivity contribution is -0.870. The fraction of sp³-hybridized carbons (Fsp3) is 0.577. The van der Waals surface area contributed by atoms with E-state index in [9.17, 15) is 34.8 Å². The minimum absolute atomic E-state index is 0.114. The van der Waals surface area contributed by atoms with Gasteiger partial charge in [0, 0.05) is 24.0 Å². The third-order valence-electron chi connectivity index (χ3n) is 8.12. The van der Waals surface area contributed by atoms with Gasteiger partial charge in [0.2, 0.25) is 11.7 Å². The van der Waals surface area contributed by atoms with E-state index in [1.54, 1.807) is 19.0 Å². The summed E-state index contributed by atoms with van der Waals surface area (Å²) in [5.41, 5.74) is 4.43. The largest absolute Gasteiger partial charge is 0.507 e. The number of rotatable bonds is 5. The van der Waals surface area contributed by atoms with Crippen molar-refractivity contribution in [2.45, 2.75) is 37.0 Å². The summed E-state index contributed by atoms with van der Waals surface area (Å²) >= 11 is 0. The van der Waals surface area contributed by atoms with Crippen molar-refractivity contribution in [3.8, 4) is 5.75 Å². The average molecular weight is 503 g/mol. The lowest BCUT2D eigenvalue weighted by Gasteiger charge is -2.53. The van der Waals surface area contributed by atoms with E-state index in [4.69, 9.17) is 5.73 Å². The molecule has 6 atom stereocenters. The number of phenolic OH excluding ortho intramolecular Hbond substituents is 1. The van der Waals surface area contributed by atoms with Gasteiger partial charge < -0.3 is 35.5 Å². The van der Waals surface area contributed by atoms with Gasteiger partial charge in [-0.15, -0.1) is 0 Å². The molecule has 0 aromatic heterocycles. The van der Waals surface area contributed by atoms with Crippen molar-refractivity contribution >= 4 is 23.2 Å². The second-order valence-corrected chi connectivity index (χ2v) is 11.7. The number of benzene rings is 1. The molecular weight excluding hydrogens is 466 g/mol. The van der Waals surface area contributed by atoms with Crippen molar-refractivity contribution in [2.75, 3.05) is 41.8 Å². The van der Waals surface area contributed by atoms with Gasteiger partial charge >= 0.3 is 0 Å². The van der Waals surface area contributed by atoms with E-state index in [1.165, 1.54) is 6.07 Å². The number of quaternary nitrogens is 1. The van der Waals surface area contributed by atoms with Crippen molar-refractivity contribution in [3.63, 3.8) is 0 Å². The maximum Gasteiger partial charge on any atom is 0.230 e. The molecule has 2 saturated carbocycles. The minimum atomic E-state index is -2.64. The zero-order chi connectivity index (χ0) is 26.9. The Morgan fingerprint density at radius 1 is 1.19 bits per heavy atom. The number of hydrogen-bond donors (Lipinski definition) is 5. The van der Waals surface area contributed by atoms with Crippen LogP contribution in [0, 0.1) is 17.8 Å². The van der Waals surface area contributed by atoms with Crippen LogP contribution in [0.25, 0.3) is 5.76 Å². The monoisotopic (exact) mass is 502 g/mol. The van der Waals surface area contributed by atoms with Crippen LogP contribution in [0.15, 0.2) is 17.7 Å². The number of fused-ring (bicyclic) bond motifs is 3. The van der Waals surface area contributed by atoms with Crippen molar-refractivity contribution in [3.05, 3.63) is 34.4 Å². The van der Waals surface area contributed by atoms with Crippen LogP contribution in [0.2, 0.25) is 0 Å². The number of nitrogens with two attached hydrogens (primary N) is 1. The van der Waals surface area contributed by atoms with E-state index >= 15 is 0 Å². The predicted molar refractivity (Wildman–Crippen MR) is 131 cm³/mol. The van der Waals surface area contributed by atoms with Gasteiger partial charge in [-0.05, 0) is 50.0 Å². The number of primary amides is 1. The Bertz CT molecular complexity index is 1170. The van der Waals surface area contributed by atoms with E-state index in [-0.39, 0.29) is 23.3 Å². The van der Waals surface area contributed by atoms with E-state index < -0.39 is 58.7 Å². The first kappa shape index (κ1) is 26.3. The van der Waals surface area contributed by atoms with E-state index in [2.05, 4.69) is 21.1 Å². The van der Waals surface area contributed by atoms with Crippen LogP contribution in [0.5, 0.6) is 5.75 Å². The zero-order valence-corrected chi connectivity index (χ0v) is 21.4. The summed E-state index contributed by atoms with van der Waals surface area (Å²) in [4.78, 5) is 40.8. The number of aromatic hydroxyl groups is 1. The fourth-order valence-corrected chi connectivity index (χ4v) is 6.36. The molecule has 10 nitrogen and oxygen atoms in total. The summed E-state index contributed by atoms with van der Waals surface area (Å²) in [5.74, 6) is -7.28. The molecule has 4 rings (SSSR count). The molecule has 36 heavy (non-hydrogen) atoms. The van der Waals surface area contributed by atoms with Gasteiger partial charge in [0.15, 0.2) is 11.4 Å². The molecule has 196 valence electrons. The Hall–Kier alpha value is -2.79. The van der Waals surface area contributed by atoms with Gasteiger partial charge in [-0.1, -0.05) is 6.07 Å². The van der Waals surface area contributed by atoms with Crippen molar-refractivity contribution in [2.24, 2.45) is 23.5 Å². The number of phenols is 1. The molecule has 1 aromatic rings. The molecule has 0 bridgehead atoms. The maximum atomic E-state index is 13.8. The summed E-state index contributed by atoms with van der Waals surface area (Å²) in [7, 11) is 9.46. The van der Waals surface area contributed by atoms with E-state index in [0.29, 0.717) is 17.3 Å². The van der Waals surface area contributed by atoms with Gasteiger partial charge in [-0.2, -0.15) is 0 Å². The molecule has 6 N–H and O–H groups in total. The second-order valence-electron chi connectivity index (χ2n) is 11.7. The smallest absolute Gasteiger partial charge is 0.230 e. The van der Waals surface area contributed by atoms with Gasteiger partial charge in [-0.3, -0.25) is 14.4 Å². The summed E-state index contributed by atoms with van der Waals surface area (Å²) in [6, 6.07) is 2.39. The fourth-order valence-electron chi connectivity index (χ4n) is 6.36. The SMILES string of the molecule is CN(C)[C@H]1C(O)C(C(N)=O)C(=O)[C@]2(O)C(=O)C3=C(O)c4c(O)ccc(CC[N+](C)(C)C)c4C[C@@H]3C[C@H]12. The third kappa shape index (κ3) is 3.83. The highest BCUT2D eigenvalue weighted by Crippen LogP contribution is 2.52. The van der Waals surface area contributed by atoms with Crippen molar-refractivity contribution in [1.29, 1.82) is 0 Å². The number of hydrogen-bond acceptors (Lipinski definition) is 8. The summed E-state index contributed by atoms with van der Waals surface area (Å²) in [5, 5.41) is 44.5. The van der Waals surface area contributed by atoms with Gasteiger partial charge in [0.25, 0.3) is 0 Å². The summed E-state index contributed by atoms with van der Waals surface area (Å²) in [6.45, 7) is 0.804. The third-order valence-corrected chi connectivity index (χ3v) is 8.12. The van der Waals surface area contributed by atoms with Crippen LogP contribution in [-0.4, -0.2) is 107 Å².